The number of amides is 1. The number of unbranched alkanes of at least 4 members (excludes halogenated alkanes) is 19. The maximum absolute atomic E-state index is 13.0. The predicted molar refractivity (Wildman–Crippen MR) is 238 cm³/mol. The third-order valence-electron chi connectivity index (χ3n) is 10.9. The van der Waals surface area contributed by atoms with Crippen LogP contribution in [0.2, 0.25) is 0 Å². The molecule has 0 spiro atoms. The molecule has 14 heteroatoms. The average Bonchev–Trinajstić information content (AvgIpc) is 3.22. The molecule has 0 aromatic rings. The first-order valence-corrected chi connectivity index (χ1v) is 24.7. The zero-order valence-electron chi connectivity index (χ0n) is 36.9. The molecule has 0 aromatic carbocycles. The number of phosphoric acid groups is 1. The van der Waals surface area contributed by atoms with Crippen LogP contribution in [0.3, 0.4) is 0 Å². The maximum atomic E-state index is 13.0. The van der Waals surface area contributed by atoms with Crippen molar-refractivity contribution < 1.29 is 59.0 Å². The van der Waals surface area contributed by atoms with E-state index in [1.807, 2.05) is 0 Å². The van der Waals surface area contributed by atoms with E-state index in [2.05, 4.69) is 55.6 Å². The summed E-state index contributed by atoms with van der Waals surface area (Å²) >= 11 is 0. The van der Waals surface area contributed by atoms with Crippen molar-refractivity contribution >= 4 is 13.7 Å². The van der Waals surface area contributed by atoms with Gasteiger partial charge in [-0.2, -0.15) is 0 Å². The predicted octanol–water partition coefficient (Wildman–Crippen LogP) is 7.53. The van der Waals surface area contributed by atoms with Crippen molar-refractivity contribution in [3.05, 3.63) is 48.6 Å². The molecule has 1 aliphatic rings. The fraction of sp³-hybridized carbons (Fsp3) is 0.804. The van der Waals surface area contributed by atoms with E-state index in [4.69, 9.17) is 9.05 Å². The zero-order chi connectivity index (χ0) is 44.4. The second-order valence-electron chi connectivity index (χ2n) is 16.5. The van der Waals surface area contributed by atoms with E-state index in [1.165, 1.54) is 89.5 Å². The third-order valence-corrected chi connectivity index (χ3v) is 11.9. The van der Waals surface area contributed by atoms with E-state index in [-0.39, 0.29) is 6.42 Å². The molecule has 60 heavy (non-hydrogen) atoms. The lowest BCUT2D eigenvalue weighted by molar-refractivity contribution is -0.220. The van der Waals surface area contributed by atoms with E-state index < -0.39 is 75.2 Å². The number of rotatable bonds is 37. The summed E-state index contributed by atoms with van der Waals surface area (Å²) in [5.74, 6) is -0.610. The van der Waals surface area contributed by atoms with Crippen molar-refractivity contribution in [1.82, 2.24) is 5.32 Å². The Balaban J connectivity index is 2.56. The molecule has 0 bridgehead atoms. The van der Waals surface area contributed by atoms with Gasteiger partial charge in [-0.1, -0.05) is 159 Å². The summed E-state index contributed by atoms with van der Waals surface area (Å²) in [6, 6.07) is -1.26. The van der Waals surface area contributed by atoms with Crippen LogP contribution in [0.4, 0.5) is 0 Å². The topological polar surface area (TPSA) is 226 Å². The number of aliphatic hydroxyl groups is 7. The number of nitrogens with one attached hydrogen (secondary N) is 1. The van der Waals surface area contributed by atoms with Crippen LogP contribution in [0.5, 0.6) is 0 Å². The second kappa shape index (κ2) is 35.7. The Bertz CT molecular complexity index is 1220. The first-order chi connectivity index (χ1) is 28.8. The van der Waals surface area contributed by atoms with Crippen molar-refractivity contribution in [2.24, 2.45) is 0 Å². The van der Waals surface area contributed by atoms with E-state index in [1.54, 1.807) is 6.08 Å². The van der Waals surface area contributed by atoms with E-state index in [0.717, 1.165) is 57.8 Å². The molecule has 1 rings (SSSR count). The highest BCUT2D eigenvalue weighted by atomic mass is 31.2. The molecule has 0 saturated heterocycles. The van der Waals surface area contributed by atoms with Crippen LogP contribution < -0.4 is 5.32 Å². The normalized spacial score (nSPS) is 23.8. The summed E-state index contributed by atoms with van der Waals surface area (Å²) in [4.78, 5) is 23.4. The minimum absolute atomic E-state index is 0.259. The van der Waals surface area contributed by atoms with Crippen molar-refractivity contribution in [2.45, 2.75) is 229 Å². The molecule has 0 radical (unpaired) electrons. The number of hydrogen-bond donors (Lipinski definition) is 9. The van der Waals surface area contributed by atoms with Crippen LogP contribution in [0.25, 0.3) is 0 Å². The Kier molecular flexibility index (Phi) is 33.5. The van der Waals surface area contributed by atoms with Crippen LogP contribution in [0.15, 0.2) is 48.6 Å². The third kappa shape index (κ3) is 27.3. The molecule has 1 aliphatic carbocycles. The van der Waals surface area contributed by atoms with Gasteiger partial charge in [-0.05, 0) is 57.8 Å². The smallest absolute Gasteiger partial charge is 0.393 e. The SMILES string of the molecule is CCCCC/C=C\C=C/CCCCCCCCCCC(O)CC(=O)NC(COP(=O)(O)OC1C(O)C(O)C(O)C(O)C1O)C(O)/C=C/CC/C=C/CCCCCCCCC. The van der Waals surface area contributed by atoms with E-state index in [0.29, 0.717) is 12.8 Å². The number of aliphatic hydroxyl groups excluding tert-OH is 7. The lowest BCUT2D eigenvalue weighted by Gasteiger charge is -2.41. The van der Waals surface area contributed by atoms with E-state index >= 15 is 0 Å². The van der Waals surface area contributed by atoms with Gasteiger partial charge in [0.1, 0.15) is 36.6 Å². The number of allylic oxidation sites excluding steroid dienone is 7. The van der Waals surface area contributed by atoms with Gasteiger partial charge in [0.2, 0.25) is 5.91 Å². The van der Waals surface area contributed by atoms with Crippen LogP contribution in [-0.2, 0) is 18.4 Å². The highest BCUT2D eigenvalue weighted by molar-refractivity contribution is 7.47. The molecular formula is C46H84NO12P. The standard InChI is InChI=1S/C46H84NO12P/c1-3-5-7-9-11-13-15-17-18-19-20-22-23-25-27-29-31-33-37(48)35-40(50)47-38(39(49)34-32-30-28-26-24-21-16-14-12-10-8-6-4-2)36-58-60(56,57)59-46-44(54)42(52)41(51)43(53)45(46)55/h11,13,15,17,24,26,32,34,37-39,41-46,48-49,51-55H,3-10,12,14,16,18-23,25,27-31,33,35-36H2,1-2H3,(H,47,50)(H,56,57)/b13-11-,17-15-,26-24+,34-32+. The van der Waals surface area contributed by atoms with Crippen LogP contribution >= 0.6 is 7.82 Å². The molecule has 1 amide bonds. The Morgan fingerprint density at radius 2 is 1.03 bits per heavy atom. The van der Waals surface area contributed by atoms with Gasteiger partial charge in [0.25, 0.3) is 0 Å². The summed E-state index contributed by atoms with van der Waals surface area (Å²) in [7, 11) is -5.15. The first kappa shape index (κ1) is 56.3. The summed E-state index contributed by atoms with van der Waals surface area (Å²) < 4.78 is 22.8. The molecule has 0 heterocycles. The largest absolute Gasteiger partial charge is 0.472 e. The van der Waals surface area contributed by atoms with Gasteiger partial charge in [0, 0.05) is 0 Å². The molecule has 1 saturated carbocycles. The van der Waals surface area contributed by atoms with Gasteiger partial charge < -0.3 is 46.0 Å². The van der Waals surface area contributed by atoms with Crippen LogP contribution in [0.1, 0.15) is 174 Å². The Morgan fingerprint density at radius 3 is 1.60 bits per heavy atom. The minimum Gasteiger partial charge on any atom is -0.393 e. The van der Waals surface area contributed by atoms with Gasteiger partial charge in [-0.15, -0.1) is 0 Å². The summed E-state index contributed by atoms with van der Waals surface area (Å²) in [6.45, 7) is 3.67. The van der Waals surface area contributed by atoms with Crippen molar-refractivity contribution in [3.63, 3.8) is 0 Å². The molecule has 13 nitrogen and oxygen atoms in total. The first-order valence-electron chi connectivity index (χ1n) is 23.2. The highest BCUT2D eigenvalue weighted by Crippen LogP contribution is 2.47. The minimum atomic E-state index is -5.15. The summed E-state index contributed by atoms with van der Waals surface area (Å²) in [5, 5.41) is 74.4. The number of carbonyl (C=O) groups excluding carboxylic acids is 1. The van der Waals surface area contributed by atoms with Crippen molar-refractivity contribution in [2.75, 3.05) is 6.61 Å². The van der Waals surface area contributed by atoms with Crippen molar-refractivity contribution in [1.29, 1.82) is 0 Å². The fourth-order valence-corrected chi connectivity index (χ4v) is 8.04. The van der Waals surface area contributed by atoms with Crippen LogP contribution in [-0.4, -0.2) is 108 Å². The number of phosphoric ester groups is 1. The lowest BCUT2D eigenvalue weighted by Crippen LogP contribution is -2.64. The second-order valence-corrected chi connectivity index (χ2v) is 17.9. The fourth-order valence-electron chi connectivity index (χ4n) is 7.07. The van der Waals surface area contributed by atoms with Crippen LogP contribution in [0, 0.1) is 0 Å². The molecule has 8 atom stereocenters. The number of hydrogen-bond acceptors (Lipinski definition) is 11. The van der Waals surface area contributed by atoms with Gasteiger partial charge in [0.15, 0.2) is 0 Å². The summed E-state index contributed by atoms with van der Waals surface area (Å²) in [5.41, 5.74) is 0. The Morgan fingerprint density at radius 1 is 0.600 bits per heavy atom. The quantitative estimate of drug-likeness (QED) is 0.0128. The Labute approximate surface area is 361 Å². The number of carbonyl (C=O) groups is 1. The van der Waals surface area contributed by atoms with E-state index in [9.17, 15) is 50.0 Å². The maximum Gasteiger partial charge on any atom is 0.472 e. The van der Waals surface area contributed by atoms with Crippen molar-refractivity contribution in [3.8, 4) is 0 Å². The monoisotopic (exact) mass is 874 g/mol. The molecular weight excluding hydrogens is 789 g/mol. The van der Waals surface area contributed by atoms with Gasteiger partial charge >= 0.3 is 7.82 Å². The molecule has 350 valence electrons. The molecule has 0 aliphatic heterocycles. The summed E-state index contributed by atoms with van der Waals surface area (Å²) in [6.07, 6.45) is 27.7. The molecule has 1 fully saturated rings. The zero-order valence-corrected chi connectivity index (χ0v) is 37.8. The van der Waals surface area contributed by atoms with Gasteiger partial charge in [-0.3, -0.25) is 13.8 Å². The molecule has 9 N–H and O–H groups in total. The lowest BCUT2D eigenvalue weighted by atomic mass is 9.85. The van der Waals surface area contributed by atoms with Gasteiger partial charge in [-0.25, -0.2) is 4.57 Å². The highest BCUT2D eigenvalue weighted by Gasteiger charge is 2.51. The Hall–Kier alpha value is -1.74. The molecule has 8 unspecified atom stereocenters. The average molecular weight is 874 g/mol. The molecule has 0 aromatic heterocycles. The van der Waals surface area contributed by atoms with Gasteiger partial charge in [0.05, 0.1) is 31.3 Å².